The van der Waals surface area contributed by atoms with Gasteiger partial charge in [0.2, 0.25) is 0 Å². The third kappa shape index (κ3) is 4.60. The van der Waals surface area contributed by atoms with Gasteiger partial charge in [0.15, 0.2) is 5.11 Å². The van der Waals surface area contributed by atoms with Crippen LogP contribution < -0.4 is 5.32 Å². The van der Waals surface area contributed by atoms with Crippen molar-refractivity contribution >= 4 is 33.3 Å². The number of nitrogens with one attached hydrogen (secondary N) is 1. The highest BCUT2D eigenvalue weighted by Crippen LogP contribution is 2.41. The number of pyridine rings is 1. The highest BCUT2D eigenvalue weighted by Gasteiger charge is 2.41. The average molecular weight is 513 g/mol. The third-order valence-electron chi connectivity index (χ3n) is 6.06. The lowest BCUT2D eigenvalue weighted by molar-refractivity contribution is 0.292. The molecule has 1 aliphatic heterocycles. The summed E-state index contributed by atoms with van der Waals surface area (Å²) in [5.74, 6) is 0. The third-order valence-corrected chi connectivity index (χ3v) is 6.90. The van der Waals surface area contributed by atoms with Crippen molar-refractivity contribution in [2.24, 2.45) is 0 Å². The van der Waals surface area contributed by atoms with Crippen LogP contribution in [0.15, 0.2) is 59.2 Å². The molecule has 0 saturated carbocycles. The molecule has 1 fully saturated rings. The maximum Gasteiger partial charge on any atom is 0.170 e. The first-order valence-electron chi connectivity index (χ1n) is 10.9. The second kappa shape index (κ2) is 9.73. The van der Waals surface area contributed by atoms with Crippen LogP contribution in [0.2, 0.25) is 0 Å². The van der Waals surface area contributed by atoms with E-state index in [1.165, 1.54) is 17.0 Å². The lowest BCUT2D eigenvalue weighted by Crippen LogP contribution is -2.32. The molecule has 3 aromatic rings. The Morgan fingerprint density at radius 2 is 1.94 bits per heavy atom. The summed E-state index contributed by atoms with van der Waals surface area (Å²) in [7, 11) is 4.22. The highest BCUT2D eigenvalue weighted by molar-refractivity contribution is 9.10. The van der Waals surface area contributed by atoms with Gasteiger partial charge in [0.05, 0.1) is 17.8 Å². The SMILES string of the molecule is Cc1cc([C@H]2[C@@H](c3ccccn3)NC(=S)N2CCCN(C)C)c(C)n1-c1cccc(Br)c1. The Balaban J connectivity index is 1.77. The Bertz CT molecular complexity index is 1090. The fraction of sp³-hybridized carbons (Fsp3) is 0.360. The van der Waals surface area contributed by atoms with E-state index < -0.39 is 0 Å². The molecule has 1 aromatic carbocycles. The zero-order valence-electron chi connectivity index (χ0n) is 19.0. The molecule has 5 nitrogen and oxygen atoms in total. The van der Waals surface area contributed by atoms with E-state index in [2.05, 4.69) is 105 Å². The number of aromatic nitrogens is 2. The topological polar surface area (TPSA) is 36.3 Å². The van der Waals surface area contributed by atoms with Gasteiger partial charge in [0.1, 0.15) is 0 Å². The van der Waals surface area contributed by atoms with Gasteiger partial charge in [-0.2, -0.15) is 0 Å². The second-order valence-electron chi connectivity index (χ2n) is 8.62. The zero-order valence-corrected chi connectivity index (χ0v) is 21.4. The molecule has 0 aliphatic carbocycles. The van der Waals surface area contributed by atoms with Gasteiger partial charge < -0.3 is 19.7 Å². The van der Waals surface area contributed by atoms with E-state index in [-0.39, 0.29) is 12.1 Å². The van der Waals surface area contributed by atoms with Crippen LogP contribution in [-0.2, 0) is 0 Å². The number of halogens is 1. The normalized spacial score (nSPS) is 18.4. The molecule has 1 aliphatic rings. The minimum absolute atomic E-state index is 0.0134. The fourth-order valence-corrected chi connectivity index (χ4v) is 5.36. The summed E-state index contributed by atoms with van der Waals surface area (Å²) in [6, 6.07) is 16.9. The molecule has 1 N–H and O–H groups in total. The summed E-state index contributed by atoms with van der Waals surface area (Å²) < 4.78 is 3.40. The van der Waals surface area contributed by atoms with Crippen LogP contribution in [0, 0.1) is 13.8 Å². The Kier molecular flexibility index (Phi) is 6.98. The number of rotatable bonds is 7. The molecule has 0 spiro atoms. The number of hydrogen-bond acceptors (Lipinski definition) is 3. The minimum atomic E-state index is 0.0134. The van der Waals surface area contributed by atoms with Gasteiger partial charge in [0, 0.05) is 34.3 Å². The van der Waals surface area contributed by atoms with Gasteiger partial charge in [-0.1, -0.05) is 28.1 Å². The summed E-state index contributed by atoms with van der Waals surface area (Å²) in [6.07, 6.45) is 2.90. The molecule has 3 heterocycles. The Labute approximate surface area is 204 Å². The quantitative estimate of drug-likeness (QED) is 0.442. The number of thiocarbonyl (C=S) groups is 1. The highest BCUT2D eigenvalue weighted by atomic mass is 79.9. The lowest BCUT2D eigenvalue weighted by Gasteiger charge is -2.28. The van der Waals surface area contributed by atoms with Gasteiger partial charge in [0.25, 0.3) is 0 Å². The van der Waals surface area contributed by atoms with Crippen LogP contribution in [0.3, 0.4) is 0 Å². The van der Waals surface area contributed by atoms with E-state index in [1.54, 1.807) is 0 Å². The van der Waals surface area contributed by atoms with Gasteiger partial charge in [-0.05, 0) is 95.1 Å². The van der Waals surface area contributed by atoms with E-state index >= 15 is 0 Å². The van der Waals surface area contributed by atoms with Crippen molar-refractivity contribution in [1.29, 1.82) is 0 Å². The summed E-state index contributed by atoms with van der Waals surface area (Å²) in [4.78, 5) is 9.24. The summed E-state index contributed by atoms with van der Waals surface area (Å²) in [5.41, 5.74) is 5.90. The van der Waals surface area contributed by atoms with Crippen molar-refractivity contribution in [2.75, 3.05) is 27.2 Å². The van der Waals surface area contributed by atoms with Crippen LogP contribution in [0.5, 0.6) is 0 Å². The summed E-state index contributed by atoms with van der Waals surface area (Å²) in [5, 5.41) is 4.38. The van der Waals surface area contributed by atoms with E-state index in [1.807, 2.05) is 18.3 Å². The number of nitrogens with zero attached hydrogens (tertiary/aromatic N) is 4. The molecule has 2 aromatic heterocycles. The molecule has 0 bridgehead atoms. The molecule has 1 saturated heterocycles. The predicted octanol–water partition coefficient (Wildman–Crippen LogP) is 5.18. The Morgan fingerprint density at radius 3 is 2.62 bits per heavy atom. The first kappa shape index (κ1) is 23.0. The van der Waals surface area contributed by atoms with Gasteiger partial charge >= 0.3 is 0 Å². The van der Waals surface area contributed by atoms with Crippen molar-refractivity contribution in [2.45, 2.75) is 32.4 Å². The van der Waals surface area contributed by atoms with Crippen molar-refractivity contribution in [3.63, 3.8) is 0 Å². The van der Waals surface area contributed by atoms with Crippen molar-refractivity contribution in [3.05, 3.63) is 81.8 Å². The number of hydrogen-bond donors (Lipinski definition) is 1. The van der Waals surface area contributed by atoms with E-state index in [9.17, 15) is 0 Å². The number of benzene rings is 1. The van der Waals surface area contributed by atoms with Crippen molar-refractivity contribution in [3.8, 4) is 5.69 Å². The van der Waals surface area contributed by atoms with Crippen LogP contribution in [0.25, 0.3) is 5.69 Å². The summed E-state index contributed by atoms with van der Waals surface area (Å²) >= 11 is 9.45. The Hall–Kier alpha value is -2.22. The molecule has 2 atom stereocenters. The van der Waals surface area contributed by atoms with Crippen LogP contribution >= 0.6 is 28.1 Å². The maximum absolute atomic E-state index is 5.83. The molecule has 168 valence electrons. The Morgan fingerprint density at radius 1 is 1.12 bits per heavy atom. The fourth-order valence-electron chi connectivity index (χ4n) is 4.64. The van der Waals surface area contributed by atoms with E-state index in [4.69, 9.17) is 12.2 Å². The minimum Gasteiger partial charge on any atom is -0.352 e. The largest absolute Gasteiger partial charge is 0.352 e. The second-order valence-corrected chi connectivity index (χ2v) is 9.92. The van der Waals surface area contributed by atoms with E-state index in [0.717, 1.165) is 40.5 Å². The summed E-state index contributed by atoms with van der Waals surface area (Å²) in [6.45, 7) is 6.30. The molecular weight excluding hydrogens is 482 g/mol. The lowest BCUT2D eigenvalue weighted by atomic mass is 9.96. The van der Waals surface area contributed by atoms with Gasteiger partial charge in [-0.25, -0.2) is 0 Å². The molecule has 0 radical (unpaired) electrons. The van der Waals surface area contributed by atoms with Crippen LogP contribution in [0.1, 0.15) is 41.1 Å². The molecule has 32 heavy (non-hydrogen) atoms. The van der Waals surface area contributed by atoms with Crippen molar-refractivity contribution < 1.29 is 0 Å². The predicted molar refractivity (Wildman–Crippen MR) is 138 cm³/mol. The monoisotopic (exact) mass is 511 g/mol. The van der Waals surface area contributed by atoms with Gasteiger partial charge in [-0.15, -0.1) is 0 Å². The number of aryl methyl sites for hydroxylation is 1. The van der Waals surface area contributed by atoms with Crippen molar-refractivity contribution in [1.82, 2.24) is 24.7 Å². The molecule has 0 amide bonds. The molecule has 7 heteroatoms. The molecule has 4 rings (SSSR count). The maximum atomic E-state index is 5.83. The van der Waals surface area contributed by atoms with Crippen LogP contribution in [0.4, 0.5) is 0 Å². The zero-order chi connectivity index (χ0) is 22.8. The molecule has 0 unspecified atom stereocenters. The van der Waals surface area contributed by atoms with E-state index in [0.29, 0.717) is 0 Å². The first-order chi connectivity index (χ1) is 15.4. The molecular formula is C25H30BrN5S. The van der Waals surface area contributed by atoms with Crippen LogP contribution in [-0.4, -0.2) is 51.6 Å². The smallest absolute Gasteiger partial charge is 0.170 e. The standard InChI is InChI=1S/C25H30BrN5S/c1-17-15-21(18(2)31(17)20-10-7-9-19(26)16-20)24-23(22-11-5-6-12-27-22)28-25(32)30(24)14-8-13-29(3)4/h5-7,9-12,15-16,23-24H,8,13-14H2,1-4H3,(H,28,32)/t23-,24+/m1/s1. The van der Waals surface area contributed by atoms with Gasteiger partial charge in [-0.3, -0.25) is 4.98 Å². The average Bonchev–Trinajstić information content (AvgIpc) is 3.24. The first-order valence-corrected chi connectivity index (χ1v) is 12.1.